The zero-order valence-corrected chi connectivity index (χ0v) is 12.3. The van der Waals surface area contributed by atoms with E-state index in [1.165, 1.54) is 37.7 Å². The van der Waals surface area contributed by atoms with E-state index < -0.39 is 0 Å². The van der Waals surface area contributed by atoms with Gasteiger partial charge in [-0.15, -0.1) is 0 Å². The van der Waals surface area contributed by atoms with Gasteiger partial charge in [0.25, 0.3) is 0 Å². The molecular formula is C17H26N2O. The second-order valence-electron chi connectivity index (χ2n) is 6.36. The van der Waals surface area contributed by atoms with Crippen LogP contribution in [0.3, 0.4) is 0 Å². The Morgan fingerprint density at radius 3 is 2.95 bits per heavy atom. The predicted molar refractivity (Wildman–Crippen MR) is 81.4 cm³/mol. The highest BCUT2D eigenvalue weighted by molar-refractivity contribution is 5.37. The van der Waals surface area contributed by atoms with Crippen LogP contribution < -0.4 is 16.0 Å². The van der Waals surface area contributed by atoms with Gasteiger partial charge in [0.15, 0.2) is 0 Å². The Morgan fingerprint density at radius 1 is 1.35 bits per heavy atom. The molecule has 0 radical (unpaired) electrons. The monoisotopic (exact) mass is 274 g/mol. The van der Waals surface area contributed by atoms with Gasteiger partial charge in [-0.05, 0) is 36.3 Å². The molecule has 0 bridgehead atoms. The summed E-state index contributed by atoms with van der Waals surface area (Å²) in [6.07, 6.45) is 7.76. The molecule has 110 valence electrons. The van der Waals surface area contributed by atoms with Crippen LogP contribution in [0.15, 0.2) is 24.3 Å². The van der Waals surface area contributed by atoms with Crippen molar-refractivity contribution in [3.05, 3.63) is 29.8 Å². The van der Waals surface area contributed by atoms with Gasteiger partial charge in [-0.2, -0.15) is 0 Å². The van der Waals surface area contributed by atoms with Gasteiger partial charge in [-0.3, -0.25) is 11.3 Å². The van der Waals surface area contributed by atoms with E-state index in [9.17, 15) is 0 Å². The highest BCUT2D eigenvalue weighted by Crippen LogP contribution is 2.37. The van der Waals surface area contributed by atoms with Crippen molar-refractivity contribution >= 4 is 0 Å². The molecule has 0 saturated heterocycles. The van der Waals surface area contributed by atoms with Gasteiger partial charge >= 0.3 is 0 Å². The van der Waals surface area contributed by atoms with Crippen LogP contribution in [0.2, 0.25) is 0 Å². The quantitative estimate of drug-likeness (QED) is 0.655. The average Bonchev–Trinajstić information content (AvgIpc) is 2.91. The summed E-state index contributed by atoms with van der Waals surface area (Å²) >= 11 is 0. The number of hydrogen-bond donors (Lipinski definition) is 2. The molecule has 4 atom stereocenters. The third-order valence-corrected chi connectivity index (χ3v) is 5.17. The van der Waals surface area contributed by atoms with Crippen LogP contribution in [0, 0.1) is 11.8 Å². The van der Waals surface area contributed by atoms with E-state index in [4.69, 9.17) is 10.6 Å². The highest BCUT2D eigenvalue weighted by Gasteiger charge is 2.36. The summed E-state index contributed by atoms with van der Waals surface area (Å²) < 4.78 is 6.14. The molecule has 0 amide bonds. The van der Waals surface area contributed by atoms with Crippen LogP contribution in [0.1, 0.15) is 44.6 Å². The molecule has 3 nitrogen and oxygen atoms in total. The van der Waals surface area contributed by atoms with Gasteiger partial charge in [-0.1, -0.05) is 44.4 Å². The number of benzene rings is 1. The third kappa shape index (κ3) is 2.70. The average molecular weight is 274 g/mol. The highest BCUT2D eigenvalue weighted by atomic mass is 16.5. The Balaban J connectivity index is 1.69. The van der Waals surface area contributed by atoms with Gasteiger partial charge in [-0.25, -0.2) is 0 Å². The van der Waals surface area contributed by atoms with Gasteiger partial charge < -0.3 is 4.74 Å². The van der Waals surface area contributed by atoms with Crippen molar-refractivity contribution in [2.75, 3.05) is 0 Å². The molecule has 2 aliphatic rings. The number of rotatable bonds is 4. The first-order valence-corrected chi connectivity index (χ1v) is 8.02. The van der Waals surface area contributed by atoms with E-state index in [0.29, 0.717) is 5.92 Å². The molecule has 20 heavy (non-hydrogen) atoms. The maximum Gasteiger partial charge on any atom is 0.123 e. The first-order chi connectivity index (χ1) is 9.81. The van der Waals surface area contributed by atoms with Crippen LogP contribution in [0.4, 0.5) is 0 Å². The van der Waals surface area contributed by atoms with Crippen molar-refractivity contribution in [1.82, 2.24) is 5.43 Å². The van der Waals surface area contributed by atoms with Crippen molar-refractivity contribution < 1.29 is 4.74 Å². The molecule has 0 aromatic heterocycles. The molecule has 1 heterocycles. The lowest BCUT2D eigenvalue weighted by molar-refractivity contribution is 0.106. The molecule has 1 aliphatic heterocycles. The zero-order valence-electron chi connectivity index (χ0n) is 12.3. The fraction of sp³-hybridized carbons (Fsp3) is 0.647. The maximum absolute atomic E-state index is 6.14. The summed E-state index contributed by atoms with van der Waals surface area (Å²) in [6.45, 7) is 2.31. The van der Waals surface area contributed by atoms with E-state index in [-0.39, 0.29) is 12.1 Å². The molecule has 3 N–H and O–H groups in total. The minimum absolute atomic E-state index is 0.193. The van der Waals surface area contributed by atoms with Crippen molar-refractivity contribution in [2.45, 2.75) is 57.6 Å². The SMILES string of the molecule is CCC1CCCC(C(NN)C2Cc3ccccc3O2)C1. The second-order valence-corrected chi connectivity index (χ2v) is 6.36. The Labute approximate surface area is 121 Å². The molecule has 1 aromatic rings. The number of ether oxygens (including phenoxy) is 1. The van der Waals surface area contributed by atoms with Gasteiger partial charge in [0.1, 0.15) is 11.9 Å². The summed E-state index contributed by atoms with van der Waals surface area (Å²) in [5, 5.41) is 0. The molecule has 3 heteroatoms. The fourth-order valence-electron chi connectivity index (χ4n) is 3.99. The summed E-state index contributed by atoms with van der Waals surface area (Å²) in [4.78, 5) is 0. The number of nitrogens with one attached hydrogen (secondary N) is 1. The summed E-state index contributed by atoms with van der Waals surface area (Å²) in [5.41, 5.74) is 4.39. The van der Waals surface area contributed by atoms with Crippen molar-refractivity contribution in [3.8, 4) is 5.75 Å². The summed E-state index contributed by atoms with van der Waals surface area (Å²) in [5.74, 6) is 8.44. The first kappa shape index (κ1) is 13.9. The number of hydrogen-bond acceptors (Lipinski definition) is 3. The Bertz CT molecular complexity index is 423. The lowest BCUT2D eigenvalue weighted by atomic mass is 9.75. The molecule has 0 spiro atoms. The van der Waals surface area contributed by atoms with E-state index in [1.807, 2.05) is 6.07 Å². The zero-order chi connectivity index (χ0) is 13.9. The van der Waals surface area contributed by atoms with E-state index in [2.05, 4.69) is 30.5 Å². The lowest BCUT2D eigenvalue weighted by Gasteiger charge is -2.36. The minimum atomic E-state index is 0.193. The van der Waals surface area contributed by atoms with E-state index >= 15 is 0 Å². The Kier molecular flexibility index (Phi) is 4.27. The van der Waals surface area contributed by atoms with Crippen molar-refractivity contribution in [2.24, 2.45) is 17.7 Å². The predicted octanol–water partition coefficient (Wildman–Crippen LogP) is 3.04. The lowest BCUT2D eigenvalue weighted by Crippen LogP contribution is -2.51. The smallest absolute Gasteiger partial charge is 0.123 e. The maximum atomic E-state index is 6.14. The van der Waals surface area contributed by atoms with Crippen molar-refractivity contribution in [1.29, 1.82) is 0 Å². The van der Waals surface area contributed by atoms with E-state index in [0.717, 1.165) is 18.1 Å². The first-order valence-electron chi connectivity index (χ1n) is 8.02. The normalized spacial score (nSPS) is 30.6. The van der Waals surface area contributed by atoms with Crippen LogP contribution in [0.25, 0.3) is 0 Å². The van der Waals surface area contributed by atoms with Crippen LogP contribution in [0.5, 0.6) is 5.75 Å². The molecule has 1 saturated carbocycles. The van der Waals surface area contributed by atoms with Crippen LogP contribution >= 0.6 is 0 Å². The number of hydrazine groups is 1. The molecule has 1 aliphatic carbocycles. The second kappa shape index (κ2) is 6.15. The standard InChI is InChI=1S/C17H26N2O/c1-2-12-6-5-8-14(10-12)17(19-18)16-11-13-7-3-4-9-15(13)20-16/h3-4,7,9,12,14,16-17,19H,2,5-6,8,10-11,18H2,1H3. The molecular weight excluding hydrogens is 248 g/mol. The van der Waals surface area contributed by atoms with Crippen LogP contribution in [-0.2, 0) is 6.42 Å². The molecule has 1 fully saturated rings. The number of nitrogens with two attached hydrogens (primary N) is 1. The van der Waals surface area contributed by atoms with Gasteiger partial charge in [0.05, 0.1) is 6.04 Å². The molecule has 3 rings (SSSR count). The summed E-state index contributed by atoms with van der Waals surface area (Å²) in [7, 11) is 0. The van der Waals surface area contributed by atoms with Crippen LogP contribution in [-0.4, -0.2) is 12.1 Å². The Hall–Kier alpha value is -1.06. The minimum Gasteiger partial charge on any atom is -0.488 e. The van der Waals surface area contributed by atoms with Gasteiger partial charge in [0, 0.05) is 6.42 Å². The number of para-hydroxylation sites is 1. The Morgan fingerprint density at radius 2 is 2.20 bits per heavy atom. The topological polar surface area (TPSA) is 47.3 Å². The van der Waals surface area contributed by atoms with Crippen molar-refractivity contribution in [3.63, 3.8) is 0 Å². The van der Waals surface area contributed by atoms with Gasteiger partial charge in [0.2, 0.25) is 0 Å². The number of fused-ring (bicyclic) bond motifs is 1. The fourth-order valence-corrected chi connectivity index (χ4v) is 3.99. The molecule has 1 aromatic carbocycles. The molecule has 4 unspecified atom stereocenters. The third-order valence-electron chi connectivity index (χ3n) is 5.17. The van der Waals surface area contributed by atoms with E-state index in [1.54, 1.807) is 0 Å². The summed E-state index contributed by atoms with van der Waals surface area (Å²) in [6, 6.07) is 8.64. The largest absolute Gasteiger partial charge is 0.488 e.